The van der Waals surface area contributed by atoms with Gasteiger partial charge in [0.2, 0.25) is 5.90 Å². The van der Waals surface area contributed by atoms with Gasteiger partial charge < -0.3 is 4.74 Å². The van der Waals surface area contributed by atoms with Crippen LogP contribution in [-0.4, -0.2) is 11.4 Å². The van der Waals surface area contributed by atoms with Gasteiger partial charge in [-0.25, -0.2) is 4.99 Å². The first kappa shape index (κ1) is 15.1. The molecule has 0 radical (unpaired) electrons. The van der Waals surface area contributed by atoms with Crippen LogP contribution in [0.2, 0.25) is 0 Å². The van der Waals surface area contributed by atoms with Crippen LogP contribution in [0.15, 0.2) is 29.3 Å². The molecule has 110 valence electrons. The van der Waals surface area contributed by atoms with Gasteiger partial charge in [0.1, 0.15) is 6.10 Å². The zero-order valence-electron chi connectivity index (χ0n) is 13.7. The van der Waals surface area contributed by atoms with E-state index in [-0.39, 0.29) is 17.1 Å². The van der Waals surface area contributed by atoms with Crippen molar-refractivity contribution in [1.29, 1.82) is 0 Å². The zero-order valence-corrected chi connectivity index (χ0v) is 13.7. The van der Waals surface area contributed by atoms with Crippen molar-refractivity contribution in [1.82, 2.24) is 0 Å². The van der Waals surface area contributed by atoms with E-state index < -0.39 is 0 Å². The van der Waals surface area contributed by atoms with Crippen molar-refractivity contribution in [2.45, 2.75) is 66.0 Å². The highest BCUT2D eigenvalue weighted by atomic mass is 16.5. The number of hydrogen-bond donors (Lipinski definition) is 0. The minimum Gasteiger partial charge on any atom is -0.469 e. The third-order valence-electron chi connectivity index (χ3n) is 3.53. The number of hydrogen-bond acceptors (Lipinski definition) is 2. The second-order valence-electron chi connectivity index (χ2n) is 7.57. The van der Waals surface area contributed by atoms with Crippen molar-refractivity contribution in [3.8, 4) is 0 Å². The molecule has 1 atom stereocenters. The lowest BCUT2D eigenvalue weighted by molar-refractivity contribution is 0.199. The van der Waals surface area contributed by atoms with Gasteiger partial charge in [0.15, 0.2) is 0 Å². The van der Waals surface area contributed by atoms with E-state index >= 15 is 0 Å². The number of fused-ring (bicyclic) bond motifs is 1. The summed E-state index contributed by atoms with van der Waals surface area (Å²) in [7, 11) is 0. The lowest BCUT2D eigenvalue weighted by Crippen LogP contribution is -2.26. The van der Waals surface area contributed by atoms with Crippen molar-refractivity contribution in [2.75, 3.05) is 0 Å². The maximum atomic E-state index is 6.08. The molecule has 1 aliphatic rings. The van der Waals surface area contributed by atoms with Crippen LogP contribution in [-0.2, 0) is 4.74 Å². The molecular formula is C18H27NO. The minimum absolute atomic E-state index is 0.108. The molecule has 0 saturated carbocycles. The molecule has 0 N–H and O–H groups in total. The van der Waals surface area contributed by atoms with Crippen LogP contribution in [0.4, 0.5) is 0 Å². The molecule has 1 aromatic rings. The SMILES string of the molecule is CCC1OC(=NC(C)(C)CC(C)(C)C)c2ccccc21. The number of aliphatic imine (C=N–C) groups is 1. The van der Waals surface area contributed by atoms with Crippen molar-refractivity contribution in [2.24, 2.45) is 10.4 Å². The smallest absolute Gasteiger partial charge is 0.217 e. The second-order valence-corrected chi connectivity index (χ2v) is 7.57. The molecule has 2 nitrogen and oxygen atoms in total. The van der Waals surface area contributed by atoms with Crippen LogP contribution < -0.4 is 0 Å². The number of benzene rings is 1. The van der Waals surface area contributed by atoms with Crippen LogP contribution >= 0.6 is 0 Å². The first-order chi connectivity index (χ1) is 9.22. The molecule has 0 aromatic heterocycles. The van der Waals surface area contributed by atoms with E-state index in [1.165, 1.54) is 11.1 Å². The minimum atomic E-state index is -0.108. The second kappa shape index (κ2) is 5.23. The fraction of sp³-hybridized carbons (Fsp3) is 0.611. The molecule has 1 unspecified atom stereocenters. The predicted octanol–water partition coefficient (Wildman–Crippen LogP) is 5.13. The lowest BCUT2D eigenvalue weighted by atomic mass is 9.82. The molecule has 0 amide bonds. The summed E-state index contributed by atoms with van der Waals surface area (Å²) in [6.07, 6.45) is 2.18. The quantitative estimate of drug-likeness (QED) is 0.748. The summed E-state index contributed by atoms with van der Waals surface area (Å²) < 4.78 is 6.08. The highest BCUT2D eigenvalue weighted by Crippen LogP contribution is 2.36. The van der Waals surface area contributed by atoms with Gasteiger partial charge in [-0.05, 0) is 38.2 Å². The first-order valence-electron chi connectivity index (χ1n) is 7.58. The fourth-order valence-corrected chi connectivity index (χ4v) is 3.24. The van der Waals surface area contributed by atoms with E-state index in [0.717, 1.165) is 18.7 Å². The molecule has 0 saturated heterocycles. The Balaban J connectivity index is 2.32. The summed E-state index contributed by atoms with van der Waals surface area (Å²) in [4.78, 5) is 4.93. The van der Waals surface area contributed by atoms with Gasteiger partial charge in [0.25, 0.3) is 0 Å². The number of rotatable bonds is 3. The summed E-state index contributed by atoms with van der Waals surface area (Å²) in [5, 5.41) is 0. The first-order valence-corrected chi connectivity index (χ1v) is 7.58. The standard InChI is InChI=1S/C18H27NO/c1-7-15-13-10-8-9-11-14(13)16(20-15)19-18(5,6)12-17(2,3)4/h8-11,15H,7,12H2,1-6H3. The van der Waals surface area contributed by atoms with Gasteiger partial charge in [-0.15, -0.1) is 0 Å². The summed E-state index contributed by atoms with van der Waals surface area (Å²) in [5.74, 6) is 0.821. The maximum absolute atomic E-state index is 6.08. The highest BCUT2D eigenvalue weighted by molar-refractivity contribution is 5.98. The highest BCUT2D eigenvalue weighted by Gasteiger charge is 2.31. The van der Waals surface area contributed by atoms with Crippen LogP contribution in [0.3, 0.4) is 0 Å². The predicted molar refractivity (Wildman–Crippen MR) is 85.2 cm³/mol. The van der Waals surface area contributed by atoms with Gasteiger partial charge in [-0.1, -0.05) is 45.9 Å². The molecule has 0 aliphatic carbocycles. The Morgan fingerprint density at radius 1 is 1.10 bits per heavy atom. The van der Waals surface area contributed by atoms with E-state index in [4.69, 9.17) is 9.73 Å². The van der Waals surface area contributed by atoms with E-state index in [9.17, 15) is 0 Å². The van der Waals surface area contributed by atoms with Crippen molar-refractivity contribution in [3.05, 3.63) is 35.4 Å². The van der Waals surface area contributed by atoms with Gasteiger partial charge >= 0.3 is 0 Å². The Hall–Kier alpha value is -1.31. The van der Waals surface area contributed by atoms with Crippen molar-refractivity contribution in [3.63, 3.8) is 0 Å². The number of ether oxygens (including phenoxy) is 1. The third-order valence-corrected chi connectivity index (χ3v) is 3.53. The monoisotopic (exact) mass is 273 g/mol. The summed E-state index contributed by atoms with van der Waals surface area (Å²) in [5.41, 5.74) is 2.60. The van der Waals surface area contributed by atoms with Crippen LogP contribution in [0, 0.1) is 5.41 Å². The van der Waals surface area contributed by atoms with Crippen molar-refractivity contribution < 1.29 is 4.74 Å². The third kappa shape index (κ3) is 3.41. The molecule has 0 spiro atoms. The van der Waals surface area contributed by atoms with Gasteiger partial charge in [0, 0.05) is 11.1 Å². The molecule has 1 aromatic carbocycles. The average Bonchev–Trinajstić information content (AvgIpc) is 2.64. The molecule has 2 rings (SSSR count). The Labute approximate surface area is 123 Å². The molecular weight excluding hydrogens is 246 g/mol. The average molecular weight is 273 g/mol. The summed E-state index contributed by atoms with van der Waals surface area (Å²) >= 11 is 0. The lowest BCUT2D eigenvalue weighted by Gasteiger charge is -2.29. The van der Waals surface area contributed by atoms with Crippen LogP contribution in [0.1, 0.15) is 71.6 Å². The Bertz CT molecular complexity index is 508. The number of nitrogens with zero attached hydrogens (tertiary/aromatic N) is 1. The zero-order chi connectivity index (χ0) is 15.0. The largest absolute Gasteiger partial charge is 0.469 e. The molecule has 2 heteroatoms. The van der Waals surface area contributed by atoms with E-state index in [1.54, 1.807) is 0 Å². The maximum Gasteiger partial charge on any atom is 0.217 e. The Morgan fingerprint density at radius 2 is 1.75 bits per heavy atom. The van der Waals surface area contributed by atoms with Gasteiger partial charge in [0.05, 0.1) is 5.54 Å². The normalized spacial score (nSPS) is 20.9. The van der Waals surface area contributed by atoms with E-state index in [1.807, 2.05) is 0 Å². The van der Waals surface area contributed by atoms with Gasteiger partial charge in [-0.3, -0.25) is 0 Å². The van der Waals surface area contributed by atoms with Crippen molar-refractivity contribution >= 4 is 5.90 Å². The molecule has 0 bridgehead atoms. The molecule has 0 fully saturated rings. The molecule has 1 aliphatic heterocycles. The van der Waals surface area contributed by atoms with Gasteiger partial charge in [-0.2, -0.15) is 0 Å². The van der Waals surface area contributed by atoms with E-state index in [0.29, 0.717) is 0 Å². The molecule has 20 heavy (non-hydrogen) atoms. The van der Waals surface area contributed by atoms with Crippen LogP contribution in [0.5, 0.6) is 0 Å². The Morgan fingerprint density at radius 3 is 2.35 bits per heavy atom. The fourth-order valence-electron chi connectivity index (χ4n) is 3.24. The topological polar surface area (TPSA) is 21.6 Å². The summed E-state index contributed by atoms with van der Waals surface area (Å²) in [6, 6.07) is 8.42. The molecule has 1 heterocycles. The van der Waals surface area contributed by atoms with E-state index in [2.05, 4.69) is 65.8 Å². The summed E-state index contributed by atoms with van der Waals surface area (Å²) in [6.45, 7) is 13.3. The Kier molecular flexibility index (Phi) is 3.95. The van der Waals surface area contributed by atoms with Crippen LogP contribution in [0.25, 0.3) is 0 Å².